The van der Waals surface area contributed by atoms with Crippen molar-refractivity contribution in [2.45, 2.75) is 12.3 Å². The fourth-order valence-corrected chi connectivity index (χ4v) is 4.46. The predicted octanol–water partition coefficient (Wildman–Crippen LogP) is 2.30. The Morgan fingerprint density at radius 3 is 1.59 bits per heavy atom. The van der Waals surface area contributed by atoms with Crippen LogP contribution in [0.15, 0.2) is 42.7 Å². The molecule has 176 valence electrons. The van der Waals surface area contributed by atoms with Crippen molar-refractivity contribution in [3.05, 3.63) is 56.2 Å². The van der Waals surface area contributed by atoms with E-state index in [0.717, 1.165) is 12.1 Å². The van der Waals surface area contributed by atoms with Crippen molar-refractivity contribution in [3.63, 3.8) is 0 Å². The van der Waals surface area contributed by atoms with Gasteiger partial charge in [-0.1, -0.05) is 0 Å². The summed E-state index contributed by atoms with van der Waals surface area (Å²) in [6.07, 6.45) is 0.361. The second kappa shape index (κ2) is 7.59. The molecule has 11 heteroatoms. The Labute approximate surface area is 188 Å². The van der Waals surface area contributed by atoms with Gasteiger partial charge in [-0.2, -0.15) is 0 Å². The van der Waals surface area contributed by atoms with Crippen LogP contribution in [-0.4, -0.2) is 43.9 Å². The van der Waals surface area contributed by atoms with E-state index >= 15 is 0 Å². The number of phenolic OH excluding ortho intramolecular Hbond substituents is 4. The molecule has 6 N–H and O–H groups in total. The van der Waals surface area contributed by atoms with Crippen LogP contribution in [-0.2, 0) is 4.74 Å². The van der Waals surface area contributed by atoms with Gasteiger partial charge in [0.1, 0.15) is 11.5 Å². The lowest BCUT2D eigenvalue weighted by atomic mass is 9.80. The highest BCUT2D eigenvalue weighted by Crippen LogP contribution is 2.47. The van der Waals surface area contributed by atoms with Crippen LogP contribution in [0, 0.1) is 5.92 Å². The van der Waals surface area contributed by atoms with Crippen LogP contribution in [0.1, 0.15) is 23.5 Å². The molecule has 2 aromatic heterocycles. The number of ether oxygens (including phenoxy) is 1. The van der Waals surface area contributed by atoms with Crippen molar-refractivity contribution in [1.82, 2.24) is 0 Å². The molecule has 0 amide bonds. The van der Waals surface area contributed by atoms with Crippen LogP contribution in [0.4, 0.5) is 0 Å². The van der Waals surface area contributed by atoms with E-state index in [0.29, 0.717) is 13.0 Å². The van der Waals surface area contributed by atoms with Gasteiger partial charge in [-0.3, -0.25) is 0 Å². The van der Waals surface area contributed by atoms with E-state index in [4.69, 9.17) is 13.6 Å². The van der Waals surface area contributed by atoms with Gasteiger partial charge in [-0.15, -0.1) is 0 Å². The average Bonchev–Trinajstić information content (AvgIpc) is 3.33. The summed E-state index contributed by atoms with van der Waals surface area (Å²) in [7, 11) is 0. The van der Waals surface area contributed by atoms with Crippen molar-refractivity contribution < 1.29 is 44.2 Å². The maximum Gasteiger partial charge on any atom is 0.344 e. The second-order valence-electron chi connectivity index (χ2n) is 8.02. The monoisotopic (exact) mass is 470 g/mol. The molecule has 1 aliphatic rings. The lowest BCUT2D eigenvalue weighted by Gasteiger charge is -2.23. The number of aromatic hydroxyl groups is 6. The number of benzene rings is 2. The summed E-state index contributed by atoms with van der Waals surface area (Å²) in [4.78, 5) is 26.1. The van der Waals surface area contributed by atoms with Crippen LogP contribution in [0.25, 0.3) is 21.9 Å². The third kappa shape index (κ3) is 3.01. The Morgan fingerprint density at radius 2 is 1.18 bits per heavy atom. The maximum absolute atomic E-state index is 13.0. The summed E-state index contributed by atoms with van der Waals surface area (Å²) in [6, 6.07) is 4.62. The molecule has 0 radical (unpaired) electrons. The minimum Gasteiger partial charge on any atom is -0.507 e. The molecule has 5 rings (SSSR count). The summed E-state index contributed by atoms with van der Waals surface area (Å²) < 4.78 is 15.8. The molecule has 0 aliphatic carbocycles. The first-order valence-corrected chi connectivity index (χ1v) is 10.2. The van der Waals surface area contributed by atoms with Gasteiger partial charge >= 0.3 is 11.3 Å². The normalized spacial score (nSPS) is 16.1. The summed E-state index contributed by atoms with van der Waals surface area (Å²) in [6.45, 7) is 0.379. The largest absolute Gasteiger partial charge is 0.507 e. The molecule has 4 aromatic rings. The Kier molecular flexibility index (Phi) is 4.79. The zero-order valence-electron chi connectivity index (χ0n) is 17.3. The van der Waals surface area contributed by atoms with E-state index in [1.807, 2.05) is 0 Å². The van der Waals surface area contributed by atoms with E-state index in [1.165, 1.54) is 12.1 Å². The summed E-state index contributed by atoms with van der Waals surface area (Å²) in [5, 5.41) is 61.4. The van der Waals surface area contributed by atoms with Crippen LogP contribution >= 0.6 is 0 Å². The number of fused-ring (bicyclic) bond motifs is 2. The molecule has 34 heavy (non-hydrogen) atoms. The van der Waals surface area contributed by atoms with E-state index < -0.39 is 68.8 Å². The molecule has 0 bridgehead atoms. The first kappa shape index (κ1) is 21.5. The molecule has 1 aliphatic heterocycles. The van der Waals surface area contributed by atoms with Gasteiger partial charge in [-0.05, 0) is 36.6 Å². The lowest BCUT2D eigenvalue weighted by molar-refractivity contribution is 0.182. The highest BCUT2D eigenvalue weighted by atomic mass is 16.5. The highest BCUT2D eigenvalue weighted by molar-refractivity contribution is 5.92. The molecule has 3 heterocycles. The van der Waals surface area contributed by atoms with Crippen molar-refractivity contribution in [2.75, 3.05) is 13.2 Å². The molecule has 1 atom stereocenters. The molecule has 2 aromatic carbocycles. The zero-order chi connectivity index (χ0) is 24.3. The minimum atomic E-state index is -1.25. The summed E-state index contributed by atoms with van der Waals surface area (Å²) >= 11 is 0. The third-order valence-corrected chi connectivity index (χ3v) is 6.13. The zero-order valence-corrected chi connectivity index (χ0v) is 17.3. The number of phenols is 4. The topological polar surface area (TPSA) is 191 Å². The molecule has 1 fully saturated rings. The second-order valence-corrected chi connectivity index (χ2v) is 8.02. The summed E-state index contributed by atoms with van der Waals surface area (Å²) in [5.41, 5.74) is -3.90. The van der Waals surface area contributed by atoms with Gasteiger partial charge in [0.05, 0.1) is 28.5 Å². The molecule has 1 saturated heterocycles. The maximum atomic E-state index is 13.0. The molecular weight excluding hydrogens is 452 g/mol. The molecule has 0 saturated carbocycles. The molecule has 0 spiro atoms. The van der Waals surface area contributed by atoms with Crippen molar-refractivity contribution >= 4 is 21.9 Å². The van der Waals surface area contributed by atoms with E-state index in [-0.39, 0.29) is 28.5 Å². The fourth-order valence-electron chi connectivity index (χ4n) is 4.46. The quantitative estimate of drug-likeness (QED) is 0.190. The van der Waals surface area contributed by atoms with Gasteiger partial charge in [0.25, 0.3) is 0 Å². The van der Waals surface area contributed by atoms with Gasteiger partial charge < -0.3 is 44.2 Å². The van der Waals surface area contributed by atoms with E-state index in [1.54, 1.807) is 0 Å². The van der Waals surface area contributed by atoms with Crippen LogP contribution in [0.2, 0.25) is 0 Å². The van der Waals surface area contributed by atoms with Gasteiger partial charge in [0.2, 0.25) is 11.5 Å². The van der Waals surface area contributed by atoms with E-state index in [2.05, 4.69) is 0 Å². The van der Waals surface area contributed by atoms with Gasteiger partial charge in [-0.25, -0.2) is 9.59 Å². The first-order valence-electron chi connectivity index (χ1n) is 10.2. The number of hydrogen-bond donors (Lipinski definition) is 6. The lowest BCUT2D eigenvalue weighted by Crippen LogP contribution is -2.26. The highest BCUT2D eigenvalue weighted by Gasteiger charge is 2.39. The van der Waals surface area contributed by atoms with Crippen molar-refractivity contribution in [1.29, 1.82) is 0 Å². The van der Waals surface area contributed by atoms with Crippen LogP contribution < -0.4 is 11.3 Å². The fraction of sp³-hybridized carbons (Fsp3) is 0.217. The van der Waals surface area contributed by atoms with Gasteiger partial charge in [0.15, 0.2) is 22.7 Å². The predicted molar refractivity (Wildman–Crippen MR) is 116 cm³/mol. The number of rotatable bonds is 3. The Bertz CT molecular complexity index is 1460. The van der Waals surface area contributed by atoms with E-state index in [9.17, 15) is 40.2 Å². The molecule has 11 nitrogen and oxygen atoms in total. The van der Waals surface area contributed by atoms with Crippen molar-refractivity contribution in [3.8, 4) is 34.5 Å². The average molecular weight is 470 g/mol. The van der Waals surface area contributed by atoms with Crippen molar-refractivity contribution in [2.24, 2.45) is 5.92 Å². The molecule has 1 unspecified atom stereocenters. The first-order chi connectivity index (χ1) is 16.2. The standard InChI is InChI=1S/C23H18O11/c24-11-3-1-9-16(26)14(22(30)33-20(9)18(11)28)13(8-5-6-32-7-8)15-17(27)10-2-4-12(25)19(29)21(10)34-23(15)31/h1-4,8,13,24-29H,5-7H2. The van der Waals surface area contributed by atoms with Crippen LogP contribution in [0.5, 0.6) is 34.5 Å². The minimum absolute atomic E-state index is 0.0835. The Morgan fingerprint density at radius 1 is 0.706 bits per heavy atom. The van der Waals surface area contributed by atoms with Crippen LogP contribution in [0.3, 0.4) is 0 Å². The Hall–Kier alpha value is -4.38. The van der Waals surface area contributed by atoms with Gasteiger partial charge in [0, 0.05) is 12.5 Å². The smallest absolute Gasteiger partial charge is 0.344 e. The number of hydrogen-bond acceptors (Lipinski definition) is 11. The SMILES string of the molecule is O=c1oc2c(O)c(O)ccc2c(O)c1C(c1c(O)c2ccc(O)c(O)c2oc1=O)C1CCOC1. The molecular formula is C23H18O11. The summed E-state index contributed by atoms with van der Waals surface area (Å²) in [5.74, 6) is -5.69. The third-order valence-electron chi connectivity index (χ3n) is 6.13. The Balaban J connectivity index is 1.85.